The molecule has 106 valence electrons. The first-order valence-electron chi connectivity index (χ1n) is 6.29. The van der Waals surface area contributed by atoms with Crippen LogP contribution in [0.15, 0.2) is 57.7 Å². The molecule has 2 aromatic carbocycles. The first-order chi connectivity index (χ1) is 10.1. The van der Waals surface area contributed by atoms with E-state index in [2.05, 4.69) is 53.2 Å². The lowest BCUT2D eigenvalue weighted by molar-refractivity contribution is 0.797. The Morgan fingerprint density at radius 2 is 1.67 bits per heavy atom. The lowest BCUT2D eigenvalue weighted by atomic mass is 10.3. The van der Waals surface area contributed by atoms with Crippen molar-refractivity contribution in [3.05, 3.63) is 57.7 Å². The number of nitrogens with zero attached hydrogens (tertiary/aromatic N) is 3. The van der Waals surface area contributed by atoms with E-state index >= 15 is 0 Å². The van der Waals surface area contributed by atoms with Gasteiger partial charge in [-0.1, -0.05) is 44.0 Å². The van der Waals surface area contributed by atoms with Crippen LogP contribution in [0.5, 0.6) is 0 Å². The number of halogens is 2. The van der Waals surface area contributed by atoms with Crippen LogP contribution in [0, 0.1) is 0 Å². The van der Waals surface area contributed by atoms with Crippen LogP contribution >= 0.6 is 31.9 Å². The largest absolute Gasteiger partial charge is 0.278 e. The number of H-pyrrole nitrogens is 1. The van der Waals surface area contributed by atoms with Gasteiger partial charge >= 0.3 is 0 Å². The van der Waals surface area contributed by atoms with Crippen LogP contribution < -0.4 is 0 Å². The molecule has 21 heavy (non-hydrogen) atoms. The highest BCUT2D eigenvalue weighted by atomic mass is 79.9. The van der Waals surface area contributed by atoms with Gasteiger partial charge in [-0.15, -0.1) is 0 Å². The van der Waals surface area contributed by atoms with Gasteiger partial charge in [0.15, 0.2) is 0 Å². The molecule has 0 aliphatic rings. The van der Waals surface area contributed by atoms with E-state index in [1.165, 1.54) is 5.39 Å². The van der Waals surface area contributed by atoms with Crippen LogP contribution in [0.25, 0.3) is 21.8 Å². The molecule has 4 rings (SSSR count). The molecule has 2 heterocycles. The van der Waals surface area contributed by atoms with E-state index in [1.807, 2.05) is 54.5 Å². The van der Waals surface area contributed by atoms with Gasteiger partial charge in [0.25, 0.3) is 0 Å². The second-order valence-electron chi connectivity index (χ2n) is 4.57. The average molecular weight is 408 g/mol. The molecule has 0 amide bonds. The highest BCUT2D eigenvalue weighted by molar-refractivity contribution is 9.10. The van der Waals surface area contributed by atoms with Crippen molar-refractivity contribution in [2.24, 2.45) is 7.05 Å². The van der Waals surface area contributed by atoms with Gasteiger partial charge in [-0.3, -0.25) is 9.78 Å². The predicted molar refractivity (Wildman–Crippen MR) is 92.2 cm³/mol. The molecule has 4 aromatic rings. The second-order valence-corrected chi connectivity index (χ2v) is 6.40. The molecule has 0 unspecified atom stereocenters. The SMILES string of the molecule is Brc1ccc2cn[nH]c2c1.Cn1ncc2ccc(Br)cc21. The highest BCUT2D eigenvalue weighted by Gasteiger charge is 1.97. The molecule has 0 saturated heterocycles. The van der Waals surface area contributed by atoms with Gasteiger partial charge in [0, 0.05) is 26.8 Å². The van der Waals surface area contributed by atoms with Gasteiger partial charge in [0.1, 0.15) is 0 Å². The summed E-state index contributed by atoms with van der Waals surface area (Å²) in [6.45, 7) is 0. The van der Waals surface area contributed by atoms with E-state index in [0.717, 1.165) is 25.4 Å². The van der Waals surface area contributed by atoms with Crippen LogP contribution in [0.2, 0.25) is 0 Å². The zero-order valence-corrected chi connectivity index (χ0v) is 14.4. The van der Waals surface area contributed by atoms with E-state index in [4.69, 9.17) is 0 Å². The second kappa shape index (κ2) is 5.99. The molecule has 0 spiro atoms. The van der Waals surface area contributed by atoms with E-state index in [-0.39, 0.29) is 0 Å². The maximum atomic E-state index is 4.13. The number of hydrogen-bond donors (Lipinski definition) is 1. The lowest BCUT2D eigenvalue weighted by Gasteiger charge is -1.93. The predicted octanol–water partition coefficient (Wildman–Crippen LogP) is 4.66. The maximum absolute atomic E-state index is 4.13. The van der Waals surface area contributed by atoms with Crippen LogP contribution in [0.4, 0.5) is 0 Å². The molecule has 0 atom stereocenters. The van der Waals surface area contributed by atoms with Crippen molar-refractivity contribution in [3.63, 3.8) is 0 Å². The molecule has 0 aliphatic heterocycles. The Labute approximate surface area is 138 Å². The lowest BCUT2D eigenvalue weighted by Crippen LogP contribution is -1.87. The van der Waals surface area contributed by atoms with Crippen LogP contribution in [-0.4, -0.2) is 20.0 Å². The minimum Gasteiger partial charge on any atom is -0.278 e. The normalized spacial score (nSPS) is 10.6. The number of aromatic amines is 1. The van der Waals surface area contributed by atoms with Crippen molar-refractivity contribution in [2.45, 2.75) is 0 Å². The molecule has 0 aliphatic carbocycles. The Morgan fingerprint density at radius 3 is 2.48 bits per heavy atom. The third-order valence-corrected chi connectivity index (χ3v) is 4.10. The summed E-state index contributed by atoms with van der Waals surface area (Å²) in [7, 11) is 1.94. The van der Waals surface area contributed by atoms with Crippen molar-refractivity contribution in [2.75, 3.05) is 0 Å². The Bertz CT molecular complexity index is 895. The smallest absolute Gasteiger partial charge is 0.0690 e. The maximum Gasteiger partial charge on any atom is 0.0690 e. The first kappa shape index (κ1) is 14.3. The number of fused-ring (bicyclic) bond motifs is 2. The summed E-state index contributed by atoms with van der Waals surface area (Å²) in [6.07, 6.45) is 3.67. The summed E-state index contributed by atoms with van der Waals surface area (Å²) in [5, 5.41) is 13.2. The summed E-state index contributed by atoms with van der Waals surface area (Å²) in [6, 6.07) is 12.1. The fourth-order valence-corrected chi connectivity index (χ4v) is 2.74. The van der Waals surface area contributed by atoms with Crippen molar-refractivity contribution in [1.29, 1.82) is 0 Å². The van der Waals surface area contributed by atoms with Crippen molar-refractivity contribution < 1.29 is 0 Å². The summed E-state index contributed by atoms with van der Waals surface area (Å²) in [5.74, 6) is 0. The number of benzene rings is 2. The van der Waals surface area contributed by atoms with Crippen LogP contribution in [-0.2, 0) is 7.05 Å². The molecule has 0 bridgehead atoms. The number of nitrogens with one attached hydrogen (secondary N) is 1. The number of aromatic nitrogens is 4. The van der Waals surface area contributed by atoms with Gasteiger partial charge in [0.2, 0.25) is 0 Å². The topological polar surface area (TPSA) is 46.5 Å². The standard InChI is InChI=1S/C8H7BrN2.C7H5BrN2/c1-11-8-4-7(9)3-2-6(8)5-10-11;8-6-2-1-5-4-9-10-7(5)3-6/h2-5H,1H3;1-4H,(H,9,10). The molecule has 1 N–H and O–H groups in total. The third kappa shape index (κ3) is 3.16. The van der Waals surface area contributed by atoms with E-state index in [1.54, 1.807) is 0 Å². The van der Waals surface area contributed by atoms with Gasteiger partial charge in [0.05, 0.1) is 23.4 Å². The van der Waals surface area contributed by atoms with Crippen molar-refractivity contribution >= 4 is 53.7 Å². The number of hydrogen-bond acceptors (Lipinski definition) is 2. The molecule has 0 fully saturated rings. The van der Waals surface area contributed by atoms with Crippen LogP contribution in [0.3, 0.4) is 0 Å². The fraction of sp³-hybridized carbons (Fsp3) is 0.0667. The Balaban J connectivity index is 0.000000126. The first-order valence-corrected chi connectivity index (χ1v) is 7.88. The summed E-state index contributed by atoms with van der Waals surface area (Å²) in [4.78, 5) is 0. The van der Waals surface area contributed by atoms with Gasteiger partial charge in [-0.05, 0) is 24.3 Å². The molecule has 4 nitrogen and oxygen atoms in total. The molecular weight excluding hydrogens is 396 g/mol. The van der Waals surface area contributed by atoms with Gasteiger partial charge in [-0.25, -0.2) is 0 Å². The van der Waals surface area contributed by atoms with Gasteiger partial charge in [-0.2, -0.15) is 10.2 Å². The summed E-state index contributed by atoms with van der Waals surface area (Å²) in [5.41, 5.74) is 2.22. The Hall–Kier alpha value is -1.66. The average Bonchev–Trinajstić information content (AvgIpc) is 3.06. The zero-order valence-electron chi connectivity index (χ0n) is 11.2. The minimum absolute atomic E-state index is 1.06. The van der Waals surface area contributed by atoms with Crippen LogP contribution in [0.1, 0.15) is 0 Å². The van der Waals surface area contributed by atoms with E-state index in [0.29, 0.717) is 0 Å². The minimum atomic E-state index is 1.06. The Kier molecular flexibility index (Phi) is 4.07. The monoisotopic (exact) mass is 406 g/mol. The van der Waals surface area contributed by atoms with Crippen molar-refractivity contribution in [3.8, 4) is 0 Å². The number of rotatable bonds is 0. The molecule has 0 radical (unpaired) electrons. The molecule has 2 aromatic heterocycles. The summed E-state index contributed by atoms with van der Waals surface area (Å²) < 4.78 is 4.03. The third-order valence-electron chi connectivity index (χ3n) is 3.12. The van der Waals surface area contributed by atoms with E-state index < -0.39 is 0 Å². The number of aryl methyl sites for hydroxylation is 1. The zero-order chi connectivity index (χ0) is 14.8. The highest BCUT2D eigenvalue weighted by Crippen LogP contribution is 2.18. The van der Waals surface area contributed by atoms with Gasteiger partial charge < -0.3 is 0 Å². The fourth-order valence-electron chi connectivity index (χ4n) is 2.03. The van der Waals surface area contributed by atoms with E-state index in [9.17, 15) is 0 Å². The molecule has 6 heteroatoms. The van der Waals surface area contributed by atoms with Crippen molar-refractivity contribution in [1.82, 2.24) is 20.0 Å². The quantitative estimate of drug-likeness (QED) is 0.460. The summed E-state index contributed by atoms with van der Waals surface area (Å²) >= 11 is 6.78. The molecular formula is C15H12Br2N4. The Morgan fingerprint density at radius 1 is 0.952 bits per heavy atom. The molecule has 0 saturated carbocycles.